The highest BCUT2D eigenvalue weighted by Gasteiger charge is 2.26. The highest BCUT2D eigenvalue weighted by Crippen LogP contribution is 2.37. The topological polar surface area (TPSA) is 56.1 Å². The number of rotatable bonds is 3. The lowest BCUT2D eigenvalue weighted by molar-refractivity contribution is 0.102. The molecule has 1 N–H and O–H groups in total. The average Bonchev–Trinajstić information content (AvgIpc) is 2.91. The first-order chi connectivity index (χ1) is 11.5. The van der Waals surface area contributed by atoms with Crippen LogP contribution >= 0.6 is 11.3 Å². The van der Waals surface area contributed by atoms with Gasteiger partial charge in [0.25, 0.3) is 5.91 Å². The molecule has 2 aromatic rings. The molecule has 0 saturated carbocycles. The molecule has 0 radical (unpaired) electrons. The van der Waals surface area contributed by atoms with E-state index in [-0.39, 0.29) is 11.7 Å². The van der Waals surface area contributed by atoms with E-state index in [2.05, 4.69) is 30.1 Å². The summed E-state index contributed by atoms with van der Waals surface area (Å²) in [6.07, 6.45) is 0.819. The molecule has 1 aliphatic heterocycles. The number of carbonyl (C=O) groups is 1. The lowest BCUT2D eigenvalue weighted by Gasteiger charge is -2.30. The minimum absolute atomic E-state index is 0.328. The first kappa shape index (κ1) is 16.6. The minimum Gasteiger partial charge on any atom is -0.312 e. The Morgan fingerprint density at radius 2 is 2.08 bits per heavy atom. The van der Waals surface area contributed by atoms with Crippen molar-refractivity contribution in [1.29, 1.82) is 5.26 Å². The second kappa shape index (κ2) is 6.71. The maximum atomic E-state index is 13.0. The predicted molar refractivity (Wildman–Crippen MR) is 92.6 cm³/mol. The lowest BCUT2D eigenvalue weighted by atomic mass is 10.0. The van der Waals surface area contributed by atoms with Gasteiger partial charge in [-0.05, 0) is 50.1 Å². The van der Waals surface area contributed by atoms with Gasteiger partial charge in [-0.3, -0.25) is 9.69 Å². The van der Waals surface area contributed by atoms with Crippen molar-refractivity contribution in [2.45, 2.75) is 32.9 Å². The van der Waals surface area contributed by atoms with Crippen LogP contribution in [-0.4, -0.2) is 23.4 Å². The molecule has 0 saturated heterocycles. The third-order valence-electron chi connectivity index (χ3n) is 4.26. The van der Waals surface area contributed by atoms with E-state index in [0.717, 1.165) is 30.0 Å². The average molecular weight is 343 g/mol. The fraction of sp³-hybridized carbons (Fsp3) is 0.333. The fourth-order valence-corrected chi connectivity index (χ4v) is 4.07. The van der Waals surface area contributed by atoms with Crippen molar-refractivity contribution in [3.05, 3.63) is 51.7 Å². The number of hydrogen-bond donors (Lipinski definition) is 1. The van der Waals surface area contributed by atoms with E-state index in [1.54, 1.807) is 0 Å². The van der Waals surface area contributed by atoms with Crippen molar-refractivity contribution in [3.63, 3.8) is 0 Å². The Hall–Kier alpha value is -2.23. The van der Waals surface area contributed by atoms with Gasteiger partial charge >= 0.3 is 0 Å². The van der Waals surface area contributed by atoms with Crippen molar-refractivity contribution >= 4 is 22.2 Å². The summed E-state index contributed by atoms with van der Waals surface area (Å²) in [5.41, 5.74) is 1.98. The van der Waals surface area contributed by atoms with Crippen molar-refractivity contribution < 1.29 is 9.18 Å². The monoisotopic (exact) mass is 343 g/mol. The van der Waals surface area contributed by atoms with Crippen LogP contribution in [0.4, 0.5) is 9.39 Å². The predicted octanol–water partition coefficient (Wildman–Crippen LogP) is 3.78. The number of halogens is 1. The smallest absolute Gasteiger partial charge is 0.256 e. The molecule has 1 amide bonds. The Kier molecular flexibility index (Phi) is 4.65. The second-order valence-corrected chi connectivity index (χ2v) is 7.20. The van der Waals surface area contributed by atoms with Crippen LogP contribution in [0.15, 0.2) is 24.3 Å². The molecule has 3 rings (SSSR count). The summed E-state index contributed by atoms with van der Waals surface area (Å²) < 4.78 is 13.0. The number of benzene rings is 1. The third kappa shape index (κ3) is 3.18. The van der Waals surface area contributed by atoms with Gasteiger partial charge in [0.05, 0.1) is 5.56 Å². The molecule has 0 unspecified atom stereocenters. The number of amides is 1. The fourth-order valence-electron chi connectivity index (χ4n) is 2.85. The Morgan fingerprint density at radius 3 is 2.71 bits per heavy atom. The van der Waals surface area contributed by atoms with Gasteiger partial charge in [0.15, 0.2) is 0 Å². The van der Waals surface area contributed by atoms with Crippen molar-refractivity contribution in [1.82, 2.24) is 4.90 Å². The molecule has 0 aliphatic carbocycles. The van der Waals surface area contributed by atoms with Gasteiger partial charge in [0.2, 0.25) is 0 Å². The van der Waals surface area contributed by atoms with Crippen LogP contribution in [0.25, 0.3) is 0 Å². The standard InChI is InChI=1S/C18H18FN3OS/c1-11(2)22-8-7-14-15(9-20)18(24-16(14)10-22)21-17(23)12-3-5-13(19)6-4-12/h3-6,11H,7-8,10H2,1-2H3,(H,21,23). The molecule has 0 atom stereocenters. The maximum Gasteiger partial charge on any atom is 0.256 e. The highest BCUT2D eigenvalue weighted by atomic mass is 32.1. The molecular formula is C18H18FN3OS. The van der Waals surface area contributed by atoms with Gasteiger partial charge in [-0.25, -0.2) is 4.39 Å². The summed E-state index contributed by atoms with van der Waals surface area (Å²) in [7, 11) is 0. The van der Waals surface area contributed by atoms with Gasteiger partial charge in [-0.15, -0.1) is 11.3 Å². The normalized spacial score (nSPS) is 14.3. The number of carbonyl (C=O) groups excluding carboxylic acids is 1. The summed E-state index contributed by atoms with van der Waals surface area (Å²) in [6.45, 7) is 6.03. The summed E-state index contributed by atoms with van der Waals surface area (Å²) in [6, 6.07) is 8.05. The van der Waals surface area contributed by atoms with Crippen LogP contribution in [0.3, 0.4) is 0 Å². The van der Waals surface area contributed by atoms with Crippen molar-refractivity contribution in [2.24, 2.45) is 0 Å². The van der Waals surface area contributed by atoms with E-state index in [9.17, 15) is 14.4 Å². The van der Waals surface area contributed by atoms with E-state index in [1.165, 1.54) is 35.6 Å². The molecular weight excluding hydrogens is 325 g/mol. The highest BCUT2D eigenvalue weighted by molar-refractivity contribution is 7.16. The van der Waals surface area contributed by atoms with Gasteiger partial charge in [0, 0.05) is 29.6 Å². The zero-order chi connectivity index (χ0) is 17.3. The molecule has 0 spiro atoms. The molecule has 0 fully saturated rings. The lowest BCUT2D eigenvalue weighted by Crippen LogP contribution is -2.35. The van der Waals surface area contributed by atoms with Gasteiger partial charge in [0.1, 0.15) is 16.9 Å². The van der Waals surface area contributed by atoms with E-state index in [1.807, 2.05) is 0 Å². The quantitative estimate of drug-likeness (QED) is 0.923. The van der Waals surface area contributed by atoms with E-state index < -0.39 is 0 Å². The Bertz CT molecular complexity index is 805. The van der Waals surface area contributed by atoms with E-state index in [0.29, 0.717) is 22.2 Å². The molecule has 0 bridgehead atoms. The summed E-state index contributed by atoms with van der Waals surface area (Å²) in [5.74, 6) is -0.713. The number of nitrogens with zero attached hydrogens (tertiary/aromatic N) is 2. The SMILES string of the molecule is CC(C)N1CCc2c(sc(NC(=O)c3ccc(F)cc3)c2C#N)C1. The van der Waals surface area contributed by atoms with Gasteiger partial charge in [-0.2, -0.15) is 5.26 Å². The van der Waals surface area contributed by atoms with E-state index in [4.69, 9.17) is 0 Å². The zero-order valence-electron chi connectivity index (χ0n) is 13.6. The number of fused-ring (bicyclic) bond motifs is 1. The van der Waals surface area contributed by atoms with Gasteiger partial charge in [-0.1, -0.05) is 0 Å². The van der Waals surface area contributed by atoms with Crippen LogP contribution < -0.4 is 5.32 Å². The Labute approximate surface area is 144 Å². The van der Waals surface area contributed by atoms with Crippen molar-refractivity contribution in [2.75, 3.05) is 11.9 Å². The molecule has 4 nitrogen and oxygen atoms in total. The van der Waals surface area contributed by atoms with Crippen LogP contribution in [0.1, 0.15) is 40.2 Å². The van der Waals surface area contributed by atoms with E-state index >= 15 is 0 Å². The van der Waals surface area contributed by atoms with Gasteiger partial charge < -0.3 is 5.32 Å². The third-order valence-corrected chi connectivity index (χ3v) is 5.39. The Morgan fingerprint density at radius 1 is 1.38 bits per heavy atom. The number of nitrogens with one attached hydrogen (secondary N) is 1. The van der Waals surface area contributed by atoms with Crippen molar-refractivity contribution in [3.8, 4) is 6.07 Å². The summed E-state index contributed by atoms with van der Waals surface area (Å²) in [5, 5.41) is 12.9. The van der Waals surface area contributed by atoms with Crippen LogP contribution in [0.2, 0.25) is 0 Å². The number of hydrogen-bond acceptors (Lipinski definition) is 4. The van der Waals surface area contributed by atoms with Crippen LogP contribution in [-0.2, 0) is 13.0 Å². The molecule has 1 aromatic heterocycles. The van der Waals surface area contributed by atoms with Crippen LogP contribution in [0.5, 0.6) is 0 Å². The first-order valence-corrected chi connectivity index (χ1v) is 8.67. The Balaban J connectivity index is 1.85. The molecule has 1 aliphatic rings. The zero-order valence-corrected chi connectivity index (χ0v) is 14.4. The number of anilines is 1. The number of nitriles is 1. The summed E-state index contributed by atoms with van der Waals surface area (Å²) >= 11 is 1.46. The molecule has 1 aromatic carbocycles. The summed E-state index contributed by atoms with van der Waals surface area (Å²) in [4.78, 5) is 15.8. The molecule has 24 heavy (non-hydrogen) atoms. The minimum atomic E-state index is -0.385. The largest absolute Gasteiger partial charge is 0.312 e. The second-order valence-electron chi connectivity index (χ2n) is 6.09. The molecule has 124 valence electrons. The number of thiophene rings is 1. The van der Waals surface area contributed by atoms with Crippen LogP contribution in [0, 0.1) is 17.1 Å². The first-order valence-electron chi connectivity index (χ1n) is 7.85. The maximum absolute atomic E-state index is 13.0. The molecule has 2 heterocycles. The molecule has 6 heteroatoms.